The molecule has 8 heteroatoms. The summed E-state index contributed by atoms with van der Waals surface area (Å²) in [6.45, 7) is 2.65. The van der Waals surface area contributed by atoms with Crippen LogP contribution < -0.4 is 15.4 Å². The second kappa shape index (κ2) is 11.4. The summed E-state index contributed by atoms with van der Waals surface area (Å²) in [5.41, 5.74) is 1.02. The molecule has 0 aliphatic carbocycles. The minimum atomic E-state index is -0.802. The maximum atomic E-state index is 13.1. The number of ether oxygens (including phenoxy) is 2. The molecule has 7 nitrogen and oxygen atoms in total. The van der Waals surface area contributed by atoms with Crippen molar-refractivity contribution in [3.63, 3.8) is 0 Å². The minimum Gasteiger partial charge on any atom is -0.434 e. The summed E-state index contributed by atoms with van der Waals surface area (Å²) in [6.07, 6.45) is -0.154. The molecule has 2 aromatic carbocycles. The van der Waals surface area contributed by atoms with Gasteiger partial charge in [-0.05, 0) is 55.3 Å². The maximum absolute atomic E-state index is 13.1. The first kappa shape index (κ1) is 21.9. The summed E-state index contributed by atoms with van der Waals surface area (Å²) >= 11 is 0. The van der Waals surface area contributed by atoms with Crippen molar-refractivity contribution < 1.29 is 28.2 Å². The largest absolute Gasteiger partial charge is 0.513 e. The highest BCUT2D eigenvalue weighted by molar-refractivity contribution is 5.94. The number of carbonyl (C=O) groups is 3. The number of halogens is 1. The molecule has 0 aliphatic rings. The molecule has 0 saturated carbocycles. The van der Waals surface area contributed by atoms with Crippen LogP contribution in [0.4, 0.5) is 9.18 Å². The Bertz CT molecular complexity index is 839. The van der Waals surface area contributed by atoms with Crippen molar-refractivity contribution in [3.8, 4) is 5.75 Å². The van der Waals surface area contributed by atoms with E-state index < -0.39 is 6.16 Å². The third kappa shape index (κ3) is 8.00. The van der Waals surface area contributed by atoms with E-state index >= 15 is 0 Å². The van der Waals surface area contributed by atoms with Crippen LogP contribution in [0.3, 0.4) is 0 Å². The fourth-order valence-corrected chi connectivity index (χ4v) is 2.43. The van der Waals surface area contributed by atoms with Gasteiger partial charge >= 0.3 is 6.16 Å². The van der Waals surface area contributed by atoms with E-state index in [2.05, 4.69) is 15.4 Å². The summed E-state index contributed by atoms with van der Waals surface area (Å²) in [6, 6.07) is 12.0. The lowest BCUT2D eigenvalue weighted by Gasteiger charge is -2.08. The molecule has 0 spiro atoms. The van der Waals surface area contributed by atoms with Gasteiger partial charge in [-0.15, -0.1) is 0 Å². The highest BCUT2D eigenvalue weighted by Crippen LogP contribution is 2.13. The standard InChI is InChI=1S/C21H23FN2O5/c1-2-28-21(27)29-18-9-7-16(8-10-18)20(26)24-12-4-11-23-19(25)14-15-5-3-6-17(22)13-15/h3,5-10,13H,2,4,11-12,14H2,1H3,(H,23,25)(H,24,26). The second-order valence-corrected chi connectivity index (χ2v) is 6.08. The van der Waals surface area contributed by atoms with Crippen LogP contribution in [-0.4, -0.2) is 37.7 Å². The van der Waals surface area contributed by atoms with E-state index in [-0.39, 0.29) is 36.4 Å². The molecule has 29 heavy (non-hydrogen) atoms. The number of amides is 2. The highest BCUT2D eigenvalue weighted by atomic mass is 19.1. The average molecular weight is 402 g/mol. The fourth-order valence-electron chi connectivity index (χ4n) is 2.43. The van der Waals surface area contributed by atoms with Gasteiger partial charge in [0.2, 0.25) is 5.91 Å². The summed E-state index contributed by atoms with van der Waals surface area (Å²) in [5.74, 6) is -0.586. The zero-order chi connectivity index (χ0) is 21.1. The van der Waals surface area contributed by atoms with Gasteiger partial charge < -0.3 is 20.1 Å². The first-order chi connectivity index (χ1) is 14.0. The average Bonchev–Trinajstić information content (AvgIpc) is 2.68. The highest BCUT2D eigenvalue weighted by Gasteiger charge is 2.08. The van der Waals surface area contributed by atoms with Crippen LogP contribution in [0.1, 0.15) is 29.3 Å². The fraction of sp³-hybridized carbons (Fsp3) is 0.286. The van der Waals surface area contributed by atoms with Crippen molar-refractivity contribution in [1.29, 1.82) is 0 Å². The van der Waals surface area contributed by atoms with Crippen molar-refractivity contribution in [2.75, 3.05) is 19.7 Å². The van der Waals surface area contributed by atoms with Gasteiger partial charge in [0.25, 0.3) is 5.91 Å². The lowest BCUT2D eigenvalue weighted by atomic mass is 10.1. The topological polar surface area (TPSA) is 93.7 Å². The van der Waals surface area contributed by atoms with Gasteiger partial charge in [-0.25, -0.2) is 9.18 Å². The monoisotopic (exact) mass is 402 g/mol. The molecule has 0 aromatic heterocycles. The number of hydrogen-bond donors (Lipinski definition) is 2. The van der Waals surface area contributed by atoms with Gasteiger partial charge in [-0.2, -0.15) is 0 Å². The molecule has 0 fully saturated rings. The maximum Gasteiger partial charge on any atom is 0.513 e. The van der Waals surface area contributed by atoms with Crippen molar-refractivity contribution >= 4 is 18.0 Å². The van der Waals surface area contributed by atoms with Crippen molar-refractivity contribution in [3.05, 3.63) is 65.5 Å². The zero-order valence-electron chi connectivity index (χ0n) is 16.1. The van der Waals surface area contributed by atoms with E-state index in [1.54, 1.807) is 19.1 Å². The Morgan fingerprint density at radius 2 is 1.72 bits per heavy atom. The number of carbonyl (C=O) groups excluding carboxylic acids is 3. The second-order valence-electron chi connectivity index (χ2n) is 6.08. The summed E-state index contributed by atoms with van der Waals surface area (Å²) < 4.78 is 22.7. The molecular formula is C21H23FN2O5. The smallest absolute Gasteiger partial charge is 0.434 e. The molecule has 0 heterocycles. The van der Waals surface area contributed by atoms with E-state index in [4.69, 9.17) is 4.74 Å². The molecule has 0 bridgehead atoms. The Labute approximate surface area is 168 Å². The lowest BCUT2D eigenvalue weighted by molar-refractivity contribution is -0.120. The first-order valence-corrected chi connectivity index (χ1v) is 9.22. The predicted octanol–water partition coefficient (Wildman–Crippen LogP) is 2.84. The van der Waals surface area contributed by atoms with Gasteiger partial charge in [-0.3, -0.25) is 9.59 Å². The normalized spacial score (nSPS) is 10.1. The van der Waals surface area contributed by atoms with Crippen LogP contribution >= 0.6 is 0 Å². The van der Waals surface area contributed by atoms with Crippen LogP contribution in [0.5, 0.6) is 5.75 Å². The SMILES string of the molecule is CCOC(=O)Oc1ccc(C(=O)NCCCNC(=O)Cc2cccc(F)c2)cc1. The van der Waals surface area contributed by atoms with E-state index in [1.807, 2.05) is 0 Å². The van der Waals surface area contributed by atoms with Crippen LogP contribution in [0, 0.1) is 5.82 Å². The first-order valence-electron chi connectivity index (χ1n) is 9.22. The molecule has 2 N–H and O–H groups in total. The molecule has 154 valence electrons. The van der Waals surface area contributed by atoms with Gasteiger partial charge in [-0.1, -0.05) is 12.1 Å². The Hall–Kier alpha value is -3.42. The van der Waals surface area contributed by atoms with Gasteiger partial charge in [0.05, 0.1) is 13.0 Å². The molecule has 0 unspecified atom stereocenters. The third-order valence-electron chi connectivity index (χ3n) is 3.79. The zero-order valence-corrected chi connectivity index (χ0v) is 16.1. The van der Waals surface area contributed by atoms with Crippen LogP contribution in [0.25, 0.3) is 0 Å². The number of nitrogens with one attached hydrogen (secondary N) is 2. The van der Waals surface area contributed by atoms with Crippen molar-refractivity contribution in [1.82, 2.24) is 10.6 Å². The Morgan fingerprint density at radius 3 is 2.41 bits per heavy atom. The Kier molecular flexibility index (Phi) is 8.62. The van der Waals surface area contributed by atoms with E-state index in [9.17, 15) is 18.8 Å². The number of rotatable bonds is 9. The molecule has 0 radical (unpaired) electrons. The molecule has 2 amide bonds. The third-order valence-corrected chi connectivity index (χ3v) is 3.79. The van der Waals surface area contributed by atoms with Crippen molar-refractivity contribution in [2.45, 2.75) is 19.8 Å². The molecule has 2 rings (SSSR count). The van der Waals surface area contributed by atoms with E-state index in [1.165, 1.54) is 36.4 Å². The Morgan fingerprint density at radius 1 is 1.00 bits per heavy atom. The summed E-state index contributed by atoms with van der Waals surface area (Å²) in [4.78, 5) is 35.1. The number of hydrogen-bond acceptors (Lipinski definition) is 5. The van der Waals surface area contributed by atoms with Crippen molar-refractivity contribution in [2.24, 2.45) is 0 Å². The molecule has 0 atom stereocenters. The van der Waals surface area contributed by atoms with E-state index in [0.29, 0.717) is 30.6 Å². The predicted molar refractivity (Wildman–Crippen MR) is 104 cm³/mol. The molecule has 0 aliphatic heterocycles. The molecular weight excluding hydrogens is 379 g/mol. The summed E-state index contributed by atoms with van der Waals surface area (Å²) in [7, 11) is 0. The van der Waals surface area contributed by atoms with Gasteiger partial charge in [0.1, 0.15) is 11.6 Å². The summed E-state index contributed by atoms with van der Waals surface area (Å²) in [5, 5.41) is 5.47. The van der Waals surface area contributed by atoms with Crippen LogP contribution in [0.2, 0.25) is 0 Å². The van der Waals surface area contributed by atoms with Gasteiger partial charge in [0, 0.05) is 18.7 Å². The molecule has 2 aromatic rings. The van der Waals surface area contributed by atoms with Crippen LogP contribution in [0.15, 0.2) is 48.5 Å². The Balaban J connectivity index is 1.65. The lowest BCUT2D eigenvalue weighted by Crippen LogP contribution is -2.30. The van der Waals surface area contributed by atoms with Crippen LogP contribution in [-0.2, 0) is 16.0 Å². The quantitative estimate of drug-likeness (QED) is 0.382. The minimum absolute atomic E-state index is 0.102. The van der Waals surface area contributed by atoms with Gasteiger partial charge in [0.15, 0.2) is 0 Å². The molecule has 0 saturated heterocycles. The van der Waals surface area contributed by atoms with E-state index in [0.717, 1.165) is 0 Å². The number of benzene rings is 2.